The summed E-state index contributed by atoms with van der Waals surface area (Å²) in [6, 6.07) is 47.6. The van der Waals surface area contributed by atoms with Crippen molar-refractivity contribution in [3.8, 4) is 0 Å². The summed E-state index contributed by atoms with van der Waals surface area (Å²) in [5.74, 6) is 0. The fraction of sp³-hybridized carbons (Fsp3) is 0.103. The molecule has 7 rings (SSSR count). The van der Waals surface area contributed by atoms with E-state index in [0.29, 0.717) is 0 Å². The predicted molar refractivity (Wildman–Crippen MR) is 172 cm³/mol. The van der Waals surface area contributed by atoms with Gasteiger partial charge in [0.25, 0.3) is 0 Å². The van der Waals surface area contributed by atoms with Gasteiger partial charge in [-0.2, -0.15) is 12.1 Å². The maximum atomic E-state index is 2.28. The summed E-state index contributed by atoms with van der Waals surface area (Å²) >= 11 is 1.46. The molecule has 40 heavy (non-hydrogen) atoms. The average Bonchev–Trinajstić information content (AvgIpc) is 3.58. The van der Waals surface area contributed by atoms with Gasteiger partial charge in [0.05, 0.1) is 0 Å². The number of rotatable bonds is 2. The van der Waals surface area contributed by atoms with E-state index in [0.717, 1.165) is 0 Å². The van der Waals surface area contributed by atoms with Crippen LogP contribution in [0.2, 0.25) is 0 Å². The van der Waals surface area contributed by atoms with Gasteiger partial charge in [-0.15, -0.1) is 62.6 Å². The normalized spacial score (nSPS) is 10.7. The number of benzene rings is 5. The zero-order chi connectivity index (χ0) is 28.1. The number of fused-ring (bicyclic) bond motifs is 4. The van der Waals surface area contributed by atoms with Crippen LogP contribution in [0.25, 0.3) is 32.3 Å². The van der Waals surface area contributed by atoms with Crippen molar-refractivity contribution in [1.82, 2.24) is 0 Å². The number of hydrogen-bond donors (Lipinski definition) is 0. The summed E-state index contributed by atoms with van der Waals surface area (Å²) < 4.78 is 1.42. The zero-order valence-corrected chi connectivity index (χ0v) is 26.2. The molecular weight excluding hydrogens is 560 g/mol. The molecule has 0 aliphatic heterocycles. The molecule has 0 aromatic heterocycles. The predicted octanol–water partition coefficient (Wildman–Crippen LogP) is 10.3. The quantitative estimate of drug-likeness (QED) is 0.175. The Bertz CT molecular complexity index is 1780. The Hall–Kier alpha value is -3.67. The van der Waals surface area contributed by atoms with Crippen molar-refractivity contribution in [2.24, 2.45) is 0 Å². The summed E-state index contributed by atoms with van der Waals surface area (Å²) in [5.41, 5.74) is 8.05. The molecule has 7 aromatic carbocycles. The Balaban J connectivity index is 0.000000123. The van der Waals surface area contributed by atoms with Gasteiger partial charge < -0.3 is 0 Å². The molecule has 1 heteroatoms. The Kier molecular flexibility index (Phi) is 8.83. The summed E-state index contributed by atoms with van der Waals surface area (Å²) in [4.78, 5) is 0. The van der Waals surface area contributed by atoms with Crippen molar-refractivity contribution in [3.05, 3.63) is 167 Å². The van der Waals surface area contributed by atoms with Crippen molar-refractivity contribution in [1.29, 1.82) is 0 Å². The third-order valence-corrected chi connectivity index (χ3v) is 8.66. The fourth-order valence-electron chi connectivity index (χ4n) is 5.26. The van der Waals surface area contributed by atoms with E-state index in [9.17, 15) is 0 Å². The van der Waals surface area contributed by atoms with Crippen LogP contribution >= 0.6 is 0 Å². The molecule has 0 atom stereocenters. The molecule has 0 heterocycles. The second kappa shape index (κ2) is 12.7. The standard InChI is InChI=1S/C15H13.C13H10.C11H11.Zr/c1-10-3-5-14-12(7-10)9-13-8-11(2)4-6-15(13)14;1-3-7-12(8-4-1)11-13-9-5-2-6-10-13;1-8-6-9(2)11-5-3-4-10(11)7-8;/h3-9H,1-2H3;1-10H;3-7H,1-2H3;/q-1;;-1;+2. The molecule has 0 amide bonds. The first kappa shape index (κ1) is 27.9. The van der Waals surface area contributed by atoms with Crippen molar-refractivity contribution in [3.63, 3.8) is 0 Å². The Labute approximate surface area is 253 Å². The summed E-state index contributed by atoms with van der Waals surface area (Å²) in [6.07, 6.45) is 0. The fourth-order valence-corrected chi connectivity index (χ4v) is 6.08. The van der Waals surface area contributed by atoms with Gasteiger partial charge in [0, 0.05) is 0 Å². The molecule has 0 saturated heterocycles. The van der Waals surface area contributed by atoms with E-state index in [-0.39, 0.29) is 0 Å². The van der Waals surface area contributed by atoms with Gasteiger partial charge in [-0.05, 0) is 27.7 Å². The van der Waals surface area contributed by atoms with Crippen LogP contribution in [0, 0.1) is 27.7 Å². The molecule has 0 fully saturated rings. The first-order valence-electron chi connectivity index (χ1n) is 13.8. The number of aryl methyl sites for hydroxylation is 4. The van der Waals surface area contributed by atoms with E-state index in [1.165, 1.54) is 93.1 Å². The SMILES string of the molecule is Cc1cc(C)c2cc[cH-]c2c1.Cc1ccc2c(c1)[cH-]c1cc(C)ccc12.[Zr+2]=[C](c1ccccc1)c1ccccc1. The molecule has 194 valence electrons. The first-order valence-corrected chi connectivity index (χ1v) is 15.0. The van der Waals surface area contributed by atoms with E-state index >= 15 is 0 Å². The van der Waals surface area contributed by atoms with Crippen LogP contribution in [0.1, 0.15) is 33.4 Å². The van der Waals surface area contributed by atoms with Crippen LogP contribution in [0.5, 0.6) is 0 Å². The van der Waals surface area contributed by atoms with Gasteiger partial charge in [-0.25, -0.2) is 0 Å². The zero-order valence-electron chi connectivity index (χ0n) is 23.7. The van der Waals surface area contributed by atoms with Crippen LogP contribution in [-0.2, 0) is 24.2 Å². The van der Waals surface area contributed by atoms with Gasteiger partial charge in [-0.3, -0.25) is 0 Å². The minimum atomic E-state index is 1.33. The molecule has 0 spiro atoms. The summed E-state index contributed by atoms with van der Waals surface area (Å²) in [7, 11) is 0. The molecular formula is C39H34Zr. The minimum absolute atomic E-state index is 1.33. The molecule has 0 aliphatic rings. The second-order valence-electron chi connectivity index (χ2n) is 10.5. The van der Waals surface area contributed by atoms with E-state index in [4.69, 9.17) is 0 Å². The van der Waals surface area contributed by atoms with Gasteiger partial charge in [0.15, 0.2) is 0 Å². The first-order chi connectivity index (χ1) is 19.4. The Morgan fingerprint density at radius 3 is 1.52 bits per heavy atom. The number of hydrogen-bond acceptors (Lipinski definition) is 0. The van der Waals surface area contributed by atoms with E-state index < -0.39 is 0 Å². The van der Waals surface area contributed by atoms with Crippen LogP contribution < -0.4 is 0 Å². The summed E-state index contributed by atoms with van der Waals surface area (Å²) in [6.45, 7) is 8.58. The van der Waals surface area contributed by atoms with Gasteiger partial charge in [0.1, 0.15) is 0 Å². The van der Waals surface area contributed by atoms with Crippen molar-refractivity contribution in [2.45, 2.75) is 27.7 Å². The van der Waals surface area contributed by atoms with Crippen molar-refractivity contribution in [2.75, 3.05) is 0 Å². The Morgan fingerprint density at radius 1 is 0.500 bits per heavy atom. The average molecular weight is 594 g/mol. The van der Waals surface area contributed by atoms with Gasteiger partial charge in [-0.1, -0.05) is 52.6 Å². The molecule has 0 saturated carbocycles. The monoisotopic (exact) mass is 592 g/mol. The molecule has 0 radical (unpaired) electrons. The topological polar surface area (TPSA) is 0 Å². The van der Waals surface area contributed by atoms with E-state index in [1.54, 1.807) is 0 Å². The van der Waals surface area contributed by atoms with Crippen LogP contribution in [0.15, 0.2) is 133 Å². The van der Waals surface area contributed by atoms with E-state index in [2.05, 4.69) is 161 Å². The second-order valence-corrected chi connectivity index (χ2v) is 11.8. The van der Waals surface area contributed by atoms with Crippen LogP contribution in [0.3, 0.4) is 0 Å². The van der Waals surface area contributed by atoms with Crippen molar-refractivity contribution >= 4 is 35.5 Å². The Morgan fingerprint density at radius 2 is 1.00 bits per heavy atom. The molecule has 0 N–H and O–H groups in total. The molecule has 7 aromatic rings. The van der Waals surface area contributed by atoms with Crippen molar-refractivity contribution < 1.29 is 24.2 Å². The molecule has 0 nitrogen and oxygen atoms in total. The van der Waals surface area contributed by atoms with Crippen LogP contribution in [-0.4, -0.2) is 3.21 Å². The molecule has 0 unspecified atom stereocenters. The van der Waals surface area contributed by atoms with Gasteiger partial charge >= 0.3 is 99.2 Å². The van der Waals surface area contributed by atoms with Crippen LogP contribution in [0.4, 0.5) is 0 Å². The maximum absolute atomic E-state index is 2.28. The third kappa shape index (κ3) is 6.55. The van der Waals surface area contributed by atoms with E-state index in [1.807, 2.05) is 0 Å². The van der Waals surface area contributed by atoms with Gasteiger partial charge in [0.2, 0.25) is 0 Å². The molecule has 0 bridgehead atoms. The summed E-state index contributed by atoms with van der Waals surface area (Å²) in [5, 5.41) is 8.20. The third-order valence-electron chi connectivity index (χ3n) is 7.24. The molecule has 0 aliphatic carbocycles.